The van der Waals surface area contributed by atoms with Gasteiger partial charge in [0.2, 0.25) is 0 Å². The van der Waals surface area contributed by atoms with Gasteiger partial charge in [-0.15, -0.1) is 24.0 Å². The average molecular weight is 447 g/mol. The number of ether oxygens (including phenoxy) is 1. The number of halogens is 1. The molecule has 132 valence electrons. The zero-order chi connectivity index (χ0) is 15.7. The summed E-state index contributed by atoms with van der Waals surface area (Å²) in [5.74, 6) is 1.12. The smallest absolute Gasteiger partial charge is 0.193 e. The van der Waals surface area contributed by atoms with Gasteiger partial charge in [-0.2, -0.15) is 0 Å². The number of rotatable bonds is 7. The first-order chi connectivity index (χ1) is 10.0. The molecule has 1 heterocycles. The predicted molar refractivity (Wildman–Crippen MR) is 102 cm³/mol. The van der Waals surface area contributed by atoms with Crippen LogP contribution in [0.1, 0.15) is 33.6 Å². The van der Waals surface area contributed by atoms with Crippen LogP contribution in [0.15, 0.2) is 4.99 Å². The summed E-state index contributed by atoms with van der Waals surface area (Å²) >= 11 is 0. The fourth-order valence-corrected chi connectivity index (χ4v) is 2.99. The molecule has 6 nitrogen and oxygen atoms in total. The molecule has 1 saturated heterocycles. The molecule has 0 aromatic rings. The lowest BCUT2D eigenvalue weighted by Crippen LogP contribution is -2.47. The Labute approximate surface area is 152 Å². The van der Waals surface area contributed by atoms with E-state index < -0.39 is 9.84 Å². The van der Waals surface area contributed by atoms with E-state index in [1.807, 2.05) is 13.8 Å². The highest BCUT2D eigenvalue weighted by Crippen LogP contribution is 2.13. The first-order valence-corrected chi connectivity index (χ1v) is 9.69. The SMILES string of the molecule is CCNC(=NCCS(=O)(=O)CC)N1CCC(OCC)CC1.I. The van der Waals surface area contributed by atoms with E-state index in [9.17, 15) is 8.42 Å². The Morgan fingerprint density at radius 1 is 1.27 bits per heavy atom. The third-order valence-electron chi connectivity index (χ3n) is 3.58. The van der Waals surface area contributed by atoms with Crippen LogP contribution in [0.3, 0.4) is 0 Å². The van der Waals surface area contributed by atoms with Crippen molar-refractivity contribution in [1.82, 2.24) is 10.2 Å². The number of piperidine rings is 1. The van der Waals surface area contributed by atoms with Crippen molar-refractivity contribution >= 4 is 39.8 Å². The van der Waals surface area contributed by atoms with Gasteiger partial charge in [0.1, 0.15) is 0 Å². The Morgan fingerprint density at radius 2 is 1.91 bits per heavy atom. The van der Waals surface area contributed by atoms with E-state index >= 15 is 0 Å². The molecule has 1 aliphatic rings. The second-order valence-corrected chi connectivity index (χ2v) is 7.59. The van der Waals surface area contributed by atoms with Crippen molar-refractivity contribution in [2.75, 3.05) is 44.3 Å². The average Bonchev–Trinajstić information content (AvgIpc) is 2.47. The number of sulfone groups is 1. The van der Waals surface area contributed by atoms with Crippen LogP contribution in [0.25, 0.3) is 0 Å². The summed E-state index contributed by atoms with van der Waals surface area (Å²) < 4.78 is 28.7. The maximum absolute atomic E-state index is 11.5. The molecule has 0 bridgehead atoms. The Hall–Kier alpha value is -0.0900. The largest absolute Gasteiger partial charge is 0.378 e. The molecule has 0 radical (unpaired) electrons. The summed E-state index contributed by atoms with van der Waals surface area (Å²) in [6.45, 7) is 9.37. The van der Waals surface area contributed by atoms with Crippen LogP contribution in [-0.4, -0.2) is 69.7 Å². The van der Waals surface area contributed by atoms with E-state index in [0.717, 1.165) is 45.0 Å². The van der Waals surface area contributed by atoms with Gasteiger partial charge in [0.25, 0.3) is 0 Å². The van der Waals surface area contributed by atoms with Gasteiger partial charge in [0.05, 0.1) is 18.4 Å². The van der Waals surface area contributed by atoms with Crippen LogP contribution in [0, 0.1) is 0 Å². The molecule has 1 N–H and O–H groups in total. The number of hydrogen-bond donors (Lipinski definition) is 1. The lowest BCUT2D eigenvalue weighted by atomic mass is 10.1. The molecule has 0 saturated carbocycles. The molecule has 0 aliphatic carbocycles. The van der Waals surface area contributed by atoms with Gasteiger partial charge in [-0.1, -0.05) is 6.92 Å². The van der Waals surface area contributed by atoms with Crippen LogP contribution in [0.2, 0.25) is 0 Å². The third kappa shape index (κ3) is 7.96. The minimum absolute atomic E-state index is 0. The molecule has 0 atom stereocenters. The van der Waals surface area contributed by atoms with Crippen molar-refractivity contribution in [3.8, 4) is 0 Å². The minimum Gasteiger partial charge on any atom is -0.378 e. The van der Waals surface area contributed by atoms with Crippen molar-refractivity contribution in [1.29, 1.82) is 0 Å². The first kappa shape index (κ1) is 21.9. The molecular formula is C14H30IN3O3S. The van der Waals surface area contributed by atoms with Crippen LogP contribution in [-0.2, 0) is 14.6 Å². The second kappa shape index (κ2) is 11.4. The van der Waals surface area contributed by atoms with Gasteiger partial charge in [-0.25, -0.2) is 8.42 Å². The molecule has 0 aromatic heterocycles. The molecule has 1 fully saturated rings. The molecule has 0 spiro atoms. The predicted octanol–water partition coefficient (Wildman–Crippen LogP) is 1.51. The molecule has 1 rings (SSSR count). The van der Waals surface area contributed by atoms with Crippen LogP contribution >= 0.6 is 24.0 Å². The number of likely N-dealkylation sites (tertiary alicyclic amines) is 1. The standard InChI is InChI=1S/C14H29N3O3S.HI/c1-4-15-14(16-9-12-21(18,19)6-3)17-10-7-13(8-11-17)20-5-2;/h13H,4-12H2,1-3H3,(H,15,16);1H. The Bertz CT molecular complexity index is 421. The highest BCUT2D eigenvalue weighted by atomic mass is 127. The fraction of sp³-hybridized carbons (Fsp3) is 0.929. The lowest BCUT2D eigenvalue weighted by Gasteiger charge is -2.34. The number of nitrogens with zero attached hydrogens (tertiary/aromatic N) is 2. The van der Waals surface area contributed by atoms with Crippen LogP contribution < -0.4 is 5.32 Å². The van der Waals surface area contributed by atoms with Gasteiger partial charge >= 0.3 is 0 Å². The van der Waals surface area contributed by atoms with E-state index in [1.165, 1.54) is 0 Å². The van der Waals surface area contributed by atoms with Crippen molar-refractivity contribution in [3.63, 3.8) is 0 Å². The van der Waals surface area contributed by atoms with E-state index in [-0.39, 0.29) is 35.5 Å². The molecule has 0 aromatic carbocycles. The number of guanidine groups is 1. The molecule has 0 amide bonds. The molecule has 22 heavy (non-hydrogen) atoms. The maximum Gasteiger partial charge on any atom is 0.193 e. The van der Waals surface area contributed by atoms with Gasteiger partial charge < -0.3 is 15.0 Å². The molecule has 1 aliphatic heterocycles. The first-order valence-electron chi connectivity index (χ1n) is 7.87. The van der Waals surface area contributed by atoms with Crippen molar-refractivity contribution in [2.45, 2.75) is 39.7 Å². The zero-order valence-electron chi connectivity index (χ0n) is 13.9. The molecule has 0 unspecified atom stereocenters. The Morgan fingerprint density at radius 3 is 2.41 bits per heavy atom. The molecule has 8 heteroatoms. The van der Waals surface area contributed by atoms with Gasteiger partial charge in [-0.05, 0) is 26.7 Å². The lowest BCUT2D eigenvalue weighted by molar-refractivity contribution is 0.0264. The van der Waals surface area contributed by atoms with Gasteiger partial charge in [0, 0.05) is 32.0 Å². The quantitative estimate of drug-likeness (QED) is 0.364. The summed E-state index contributed by atoms with van der Waals surface area (Å²) in [6.07, 6.45) is 2.33. The van der Waals surface area contributed by atoms with E-state index in [1.54, 1.807) is 6.92 Å². The van der Waals surface area contributed by atoms with Crippen molar-refractivity contribution in [3.05, 3.63) is 0 Å². The third-order valence-corrected chi connectivity index (χ3v) is 5.27. The minimum atomic E-state index is -2.95. The summed E-state index contributed by atoms with van der Waals surface area (Å²) in [5, 5.41) is 3.24. The number of hydrogen-bond acceptors (Lipinski definition) is 4. The van der Waals surface area contributed by atoms with E-state index in [2.05, 4.69) is 15.2 Å². The maximum atomic E-state index is 11.5. The highest BCUT2D eigenvalue weighted by molar-refractivity contribution is 14.0. The summed E-state index contributed by atoms with van der Waals surface area (Å²) in [6, 6.07) is 0. The summed E-state index contributed by atoms with van der Waals surface area (Å²) in [5.41, 5.74) is 0. The van der Waals surface area contributed by atoms with E-state index in [4.69, 9.17) is 4.74 Å². The van der Waals surface area contributed by atoms with Crippen LogP contribution in [0.5, 0.6) is 0 Å². The molecular weight excluding hydrogens is 417 g/mol. The fourth-order valence-electron chi connectivity index (χ4n) is 2.33. The Balaban J connectivity index is 0.00000441. The van der Waals surface area contributed by atoms with Gasteiger partial charge in [-0.3, -0.25) is 4.99 Å². The Kier molecular flexibility index (Phi) is 11.4. The summed E-state index contributed by atoms with van der Waals surface area (Å²) in [7, 11) is -2.95. The normalized spacial score (nSPS) is 17.2. The van der Waals surface area contributed by atoms with E-state index in [0.29, 0.717) is 12.6 Å². The van der Waals surface area contributed by atoms with Crippen LogP contribution in [0.4, 0.5) is 0 Å². The van der Waals surface area contributed by atoms with Crippen molar-refractivity contribution in [2.24, 2.45) is 4.99 Å². The summed E-state index contributed by atoms with van der Waals surface area (Å²) in [4.78, 5) is 6.64. The number of aliphatic imine (C=N–C) groups is 1. The zero-order valence-corrected chi connectivity index (χ0v) is 17.0. The topological polar surface area (TPSA) is 71.0 Å². The monoisotopic (exact) mass is 447 g/mol. The second-order valence-electron chi connectivity index (χ2n) is 5.11. The van der Waals surface area contributed by atoms with Gasteiger partial charge in [0.15, 0.2) is 15.8 Å². The number of nitrogens with one attached hydrogen (secondary N) is 1. The van der Waals surface area contributed by atoms with Crippen molar-refractivity contribution < 1.29 is 13.2 Å². The highest BCUT2D eigenvalue weighted by Gasteiger charge is 2.21.